The quantitative estimate of drug-likeness (QED) is 0.913. The Kier molecular flexibility index (Phi) is 3.96. The van der Waals surface area contributed by atoms with Crippen molar-refractivity contribution >= 4 is 11.8 Å². The normalized spacial score (nSPS) is 16.9. The molecule has 0 bridgehead atoms. The SMILES string of the molecule is C[C@@H](N)c1cccnc1N1CCN(c2ncccn2)CC1. The molecule has 3 heterocycles. The third-order valence-corrected chi connectivity index (χ3v) is 3.72. The van der Waals surface area contributed by atoms with Crippen LogP contribution in [0.25, 0.3) is 0 Å². The van der Waals surface area contributed by atoms with Gasteiger partial charge in [-0.15, -0.1) is 0 Å². The molecule has 1 aliphatic rings. The van der Waals surface area contributed by atoms with Crippen LogP contribution in [-0.4, -0.2) is 41.1 Å². The highest BCUT2D eigenvalue weighted by atomic mass is 15.3. The predicted octanol–water partition coefficient (Wildman–Crippen LogP) is 1.22. The number of rotatable bonds is 3. The third-order valence-electron chi connectivity index (χ3n) is 3.72. The molecule has 0 aliphatic carbocycles. The van der Waals surface area contributed by atoms with Crippen molar-refractivity contribution in [3.8, 4) is 0 Å². The van der Waals surface area contributed by atoms with Crippen molar-refractivity contribution in [2.45, 2.75) is 13.0 Å². The summed E-state index contributed by atoms with van der Waals surface area (Å²) in [6.07, 6.45) is 5.39. The van der Waals surface area contributed by atoms with Gasteiger partial charge >= 0.3 is 0 Å². The average Bonchev–Trinajstić information content (AvgIpc) is 2.56. The van der Waals surface area contributed by atoms with Crippen molar-refractivity contribution in [3.05, 3.63) is 42.4 Å². The summed E-state index contributed by atoms with van der Waals surface area (Å²) in [5, 5.41) is 0. The van der Waals surface area contributed by atoms with E-state index in [0.717, 1.165) is 43.5 Å². The van der Waals surface area contributed by atoms with Gasteiger partial charge < -0.3 is 15.5 Å². The summed E-state index contributed by atoms with van der Waals surface area (Å²) in [6, 6.07) is 5.82. The topological polar surface area (TPSA) is 71.2 Å². The fourth-order valence-corrected chi connectivity index (χ4v) is 2.60. The van der Waals surface area contributed by atoms with Crippen LogP contribution >= 0.6 is 0 Å². The van der Waals surface area contributed by atoms with E-state index < -0.39 is 0 Å². The molecule has 0 aromatic carbocycles. The highest BCUT2D eigenvalue weighted by Gasteiger charge is 2.22. The molecular formula is C15H20N6. The van der Waals surface area contributed by atoms with Crippen LogP contribution in [0.5, 0.6) is 0 Å². The maximum Gasteiger partial charge on any atom is 0.225 e. The molecule has 0 unspecified atom stereocenters. The van der Waals surface area contributed by atoms with E-state index in [1.165, 1.54) is 0 Å². The fraction of sp³-hybridized carbons (Fsp3) is 0.400. The van der Waals surface area contributed by atoms with E-state index in [-0.39, 0.29) is 6.04 Å². The summed E-state index contributed by atoms with van der Waals surface area (Å²) < 4.78 is 0. The molecular weight excluding hydrogens is 264 g/mol. The lowest BCUT2D eigenvalue weighted by Crippen LogP contribution is -2.47. The fourth-order valence-electron chi connectivity index (χ4n) is 2.60. The maximum absolute atomic E-state index is 6.04. The van der Waals surface area contributed by atoms with E-state index in [9.17, 15) is 0 Å². The Morgan fingerprint density at radius 2 is 1.57 bits per heavy atom. The zero-order valence-electron chi connectivity index (χ0n) is 12.2. The van der Waals surface area contributed by atoms with E-state index in [4.69, 9.17) is 5.73 Å². The minimum absolute atomic E-state index is 0.0100. The monoisotopic (exact) mass is 284 g/mol. The number of hydrogen-bond donors (Lipinski definition) is 1. The number of anilines is 2. The number of nitrogens with zero attached hydrogens (tertiary/aromatic N) is 5. The molecule has 0 spiro atoms. The van der Waals surface area contributed by atoms with Crippen molar-refractivity contribution in [1.29, 1.82) is 0 Å². The van der Waals surface area contributed by atoms with Gasteiger partial charge in [-0.1, -0.05) is 6.07 Å². The second-order valence-electron chi connectivity index (χ2n) is 5.23. The Bertz CT molecular complexity index is 578. The van der Waals surface area contributed by atoms with Gasteiger partial charge in [-0.3, -0.25) is 0 Å². The molecule has 1 fully saturated rings. The summed E-state index contributed by atoms with van der Waals surface area (Å²) in [5.74, 6) is 1.80. The molecule has 3 rings (SSSR count). The summed E-state index contributed by atoms with van der Waals surface area (Å²) >= 11 is 0. The molecule has 1 atom stereocenters. The van der Waals surface area contributed by atoms with Crippen LogP contribution in [0.1, 0.15) is 18.5 Å². The van der Waals surface area contributed by atoms with Gasteiger partial charge in [0.2, 0.25) is 5.95 Å². The van der Waals surface area contributed by atoms with Gasteiger partial charge in [0.25, 0.3) is 0 Å². The second-order valence-corrected chi connectivity index (χ2v) is 5.23. The van der Waals surface area contributed by atoms with Gasteiger partial charge in [0, 0.05) is 56.4 Å². The van der Waals surface area contributed by atoms with Crippen molar-refractivity contribution in [2.75, 3.05) is 36.0 Å². The summed E-state index contributed by atoms with van der Waals surface area (Å²) in [7, 11) is 0. The number of piperazine rings is 1. The molecule has 21 heavy (non-hydrogen) atoms. The smallest absolute Gasteiger partial charge is 0.225 e. The average molecular weight is 284 g/mol. The molecule has 2 N–H and O–H groups in total. The lowest BCUT2D eigenvalue weighted by Gasteiger charge is -2.36. The number of aromatic nitrogens is 3. The Hall–Kier alpha value is -2.21. The van der Waals surface area contributed by atoms with Crippen molar-refractivity contribution in [1.82, 2.24) is 15.0 Å². The van der Waals surface area contributed by atoms with E-state index in [1.807, 2.05) is 25.3 Å². The molecule has 0 saturated carbocycles. The molecule has 0 amide bonds. The van der Waals surface area contributed by atoms with Gasteiger partial charge in [-0.05, 0) is 19.1 Å². The number of nitrogens with two attached hydrogens (primary N) is 1. The van der Waals surface area contributed by atoms with Gasteiger partial charge in [0.05, 0.1) is 0 Å². The second kappa shape index (κ2) is 6.05. The van der Waals surface area contributed by atoms with Crippen LogP contribution in [0.4, 0.5) is 11.8 Å². The van der Waals surface area contributed by atoms with Crippen LogP contribution in [0.2, 0.25) is 0 Å². The lowest BCUT2D eigenvalue weighted by molar-refractivity contribution is 0.629. The summed E-state index contributed by atoms with van der Waals surface area (Å²) in [6.45, 7) is 5.57. The van der Waals surface area contributed by atoms with Crippen LogP contribution < -0.4 is 15.5 Å². The lowest BCUT2D eigenvalue weighted by atomic mass is 10.1. The first kappa shape index (κ1) is 13.8. The van der Waals surface area contributed by atoms with Crippen molar-refractivity contribution < 1.29 is 0 Å². The van der Waals surface area contributed by atoms with E-state index >= 15 is 0 Å². The largest absolute Gasteiger partial charge is 0.353 e. The molecule has 110 valence electrons. The standard InChI is InChI=1S/C15H20N6/c1-12(16)13-4-2-5-17-14(13)20-8-10-21(11-9-20)15-18-6-3-7-19-15/h2-7,12H,8-11,16H2,1H3/t12-/m1/s1. The first-order valence-corrected chi connectivity index (χ1v) is 7.23. The first-order valence-electron chi connectivity index (χ1n) is 7.23. The Labute approximate surface area is 124 Å². The molecule has 1 aliphatic heterocycles. The third kappa shape index (κ3) is 2.95. The van der Waals surface area contributed by atoms with E-state index in [0.29, 0.717) is 0 Å². The molecule has 2 aromatic rings. The zero-order chi connectivity index (χ0) is 14.7. The summed E-state index contributed by atoms with van der Waals surface area (Å²) in [5.41, 5.74) is 7.14. The Morgan fingerprint density at radius 1 is 0.952 bits per heavy atom. The van der Waals surface area contributed by atoms with Crippen LogP contribution in [-0.2, 0) is 0 Å². The van der Waals surface area contributed by atoms with E-state index in [1.54, 1.807) is 12.4 Å². The number of pyridine rings is 1. The van der Waals surface area contributed by atoms with Gasteiger partial charge in [0.15, 0.2) is 0 Å². The minimum Gasteiger partial charge on any atom is -0.353 e. The number of hydrogen-bond acceptors (Lipinski definition) is 6. The van der Waals surface area contributed by atoms with Crippen LogP contribution in [0.15, 0.2) is 36.8 Å². The van der Waals surface area contributed by atoms with E-state index in [2.05, 4.69) is 30.8 Å². The molecule has 1 saturated heterocycles. The van der Waals surface area contributed by atoms with Crippen LogP contribution in [0, 0.1) is 0 Å². The highest BCUT2D eigenvalue weighted by Crippen LogP contribution is 2.23. The summed E-state index contributed by atoms with van der Waals surface area (Å²) in [4.78, 5) is 17.6. The molecule has 6 heteroatoms. The van der Waals surface area contributed by atoms with Crippen molar-refractivity contribution in [2.24, 2.45) is 5.73 Å². The van der Waals surface area contributed by atoms with Gasteiger partial charge in [0.1, 0.15) is 5.82 Å². The Morgan fingerprint density at radius 3 is 2.24 bits per heavy atom. The first-order chi connectivity index (χ1) is 10.3. The molecule has 0 radical (unpaired) electrons. The zero-order valence-corrected chi connectivity index (χ0v) is 12.2. The molecule has 6 nitrogen and oxygen atoms in total. The Balaban J connectivity index is 1.72. The van der Waals surface area contributed by atoms with Gasteiger partial charge in [-0.25, -0.2) is 15.0 Å². The molecule has 2 aromatic heterocycles. The predicted molar refractivity (Wildman–Crippen MR) is 83.3 cm³/mol. The van der Waals surface area contributed by atoms with Crippen molar-refractivity contribution in [3.63, 3.8) is 0 Å². The minimum atomic E-state index is -0.0100. The maximum atomic E-state index is 6.04. The van der Waals surface area contributed by atoms with Crippen LogP contribution in [0.3, 0.4) is 0 Å². The highest BCUT2D eigenvalue weighted by molar-refractivity contribution is 5.50. The van der Waals surface area contributed by atoms with Gasteiger partial charge in [-0.2, -0.15) is 0 Å².